The number of hydrogen-bond acceptors (Lipinski definition) is 6. The molecule has 0 radical (unpaired) electrons. The lowest BCUT2D eigenvalue weighted by molar-refractivity contribution is 0.653. The summed E-state index contributed by atoms with van der Waals surface area (Å²) in [4.78, 5) is 8.55. The van der Waals surface area contributed by atoms with E-state index >= 15 is 0 Å². The van der Waals surface area contributed by atoms with Crippen molar-refractivity contribution in [1.29, 1.82) is 10.5 Å². The minimum absolute atomic E-state index is 0.0234. The predicted molar refractivity (Wildman–Crippen MR) is 112 cm³/mol. The van der Waals surface area contributed by atoms with Crippen LogP contribution in [0.25, 0.3) is 22.1 Å². The van der Waals surface area contributed by atoms with E-state index in [1.54, 1.807) is 12.3 Å². The highest BCUT2D eigenvalue weighted by Gasteiger charge is 2.36. The Bertz CT molecular complexity index is 1390. The molecule has 29 heavy (non-hydrogen) atoms. The lowest BCUT2D eigenvalue weighted by Gasteiger charge is -2.29. The quantitative estimate of drug-likeness (QED) is 0.465. The largest absolute Gasteiger partial charge is 0.438 e. The van der Waals surface area contributed by atoms with Gasteiger partial charge in [-0.05, 0) is 49.7 Å². The van der Waals surface area contributed by atoms with E-state index in [-0.39, 0.29) is 6.17 Å². The van der Waals surface area contributed by atoms with Gasteiger partial charge in [-0.3, -0.25) is 0 Å². The molecule has 6 heteroatoms. The monoisotopic (exact) mass is 379 g/mol. The SMILES string of the molecule is Cc1cc2c(cc1N1c3c(ccc(C#N)c3C#N)N(C)[C@@H]1C)oc1ncccc12. The smallest absolute Gasteiger partial charge is 0.227 e. The van der Waals surface area contributed by atoms with Crippen LogP contribution in [-0.2, 0) is 0 Å². The molecule has 0 saturated heterocycles. The average molecular weight is 379 g/mol. The minimum atomic E-state index is -0.0234. The van der Waals surface area contributed by atoms with Crippen molar-refractivity contribution in [3.05, 3.63) is 59.3 Å². The topological polar surface area (TPSA) is 80.1 Å². The average Bonchev–Trinajstić information content (AvgIpc) is 3.21. The number of pyridine rings is 1. The van der Waals surface area contributed by atoms with E-state index in [2.05, 4.69) is 46.8 Å². The minimum Gasteiger partial charge on any atom is -0.438 e. The maximum absolute atomic E-state index is 9.81. The summed E-state index contributed by atoms with van der Waals surface area (Å²) in [7, 11) is 2.00. The van der Waals surface area contributed by atoms with Crippen molar-refractivity contribution in [3.8, 4) is 12.1 Å². The van der Waals surface area contributed by atoms with E-state index in [1.807, 2.05) is 31.3 Å². The molecule has 2 aromatic heterocycles. The lowest BCUT2D eigenvalue weighted by Crippen LogP contribution is -2.36. The zero-order valence-electron chi connectivity index (χ0n) is 16.3. The summed E-state index contributed by atoms with van der Waals surface area (Å²) in [6, 6.07) is 16.0. The van der Waals surface area contributed by atoms with Crippen molar-refractivity contribution in [2.24, 2.45) is 0 Å². The van der Waals surface area contributed by atoms with E-state index in [0.717, 1.165) is 39.0 Å². The Labute approximate surface area is 167 Å². The Hall–Kier alpha value is -4.03. The van der Waals surface area contributed by atoms with Crippen molar-refractivity contribution in [2.45, 2.75) is 20.0 Å². The van der Waals surface area contributed by atoms with Crippen LogP contribution in [0.5, 0.6) is 0 Å². The second-order valence-corrected chi connectivity index (χ2v) is 7.29. The molecule has 5 rings (SSSR count). The molecule has 0 amide bonds. The maximum atomic E-state index is 9.81. The zero-order chi connectivity index (χ0) is 20.3. The molecule has 4 aromatic rings. The molecule has 1 atom stereocenters. The van der Waals surface area contributed by atoms with E-state index in [0.29, 0.717) is 16.8 Å². The summed E-state index contributed by atoms with van der Waals surface area (Å²) >= 11 is 0. The van der Waals surface area contributed by atoms with Crippen molar-refractivity contribution in [2.75, 3.05) is 16.8 Å². The molecular formula is C23H17N5O. The second kappa shape index (κ2) is 5.98. The third kappa shape index (κ3) is 2.23. The Morgan fingerprint density at radius 2 is 1.90 bits per heavy atom. The number of anilines is 3. The van der Waals surface area contributed by atoms with Gasteiger partial charge in [-0.2, -0.15) is 10.5 Å². The number of nitriles is 2. The van der Waals surface area contributed by atoms with Gasteiger partial charge in [0.1, 0.15) is 23.9 Å². The molecule has 0 bridgehead atoms. The van der Waals surface area contributed by atoms with Gasteiger partial charge >= 0.3 is 0 Å². The molecule has 6 nitrogen and oxygen atoms in total. The Balaban J connectivity index is 1.80. The van der Waals surface area contributed by atoms with Gasteiger partial charge in [0.05, 0.1) is 22.5 Å². The van der Waals surface area contributed by atoms with E-state index in [1.165, 1.54) is 0 Å². The van der Waals surface area contributed by atoms with Gasteiger partial charge in [0.2, 0.25) is 5.71 Å². The summed E-state index contributed by atoms with van der Waals surface area (Å²) in [5.41, 5.74) is 5.83. The molecule has 2 aromatic carbocycles. The molecule has 0 fully saturated rings. The fraction of sp³-hybridized carbons (Fsp3) is 0.174. The predicted octanol–water partition coefficient (Wildman–Crippen LogP) is 4.97. The van der Waals surface area contributed by atoms with Crippen LogP contribution in [0.2, 0.25) is 0 Å². The summed E-state index contributed by atoms with van der Waals surface area (Å²) in [6.07, 6.45) is 1.69. The highest BCUT2D eigenvalue weighted by atomic mass is 16.3. The van der Waals surface area contributed by atoms with Crippen LogP contribution in [0.1, 0.15) is 23.6 Å². The summed E-state index contributed by atoms with van der Waals surface area (Å²) < 4.78 is 5.99. The van der Waals surface area contributed by atoms with Crippen molar-refractivity contribution in [3.63, 3.8) is 0 Å². The number of hydrogen-bond donors (Lipinski definition) is 0. The maximum Gasteiger partial charge on any atom is 0.227 e. The Kier molecular flexibility index (Phi) is 3.53. The first-order valence-electron chi connectivity index (χ1n) is 9.32. The van der Waals surface area contributed by atoms with Gasteiger partial charge in [0.15, 0.2) is 0 Å². The molecular weight excluding hydrogens is 362 g/mol. The van der Waals surface area contributed by atoms with Crippen LogP contribution < -0.4 is 9.80 Å². The van der Waals surface area contributed by atoms with Gasteiger partial charge in [0.25, 0.3) is 0 Å². The molecule has 3 heterocycles. The van der Waals surface area contributed by atoms with Crippen LogP contribution in [-0.4, -0.2) is 18.2 Å². The van der Waals surface area contributed by atoms with Gasteiger partial charge in [-0.1, -0.05) is 0 Å². The molecule has 0 saturated carbocycles. The fourth-order valence-electron chi connectivity index (χ4n) is 4.21. The molecule has 0 N–H and O–H groups in total. The highest BCUT2D eigenvalue weighted by Crippen LogP contribution is 2.48. The number of fused-ring (bicyclic) bond motifs is 4. The van der Waals surface area contributed by atoms with Gasteiger partial charge in [-0.15, -0.1) is 0 Å². The van der Waals surface area contributed by atoms with Crippen LogP contribution in [0.15, 0.2) is 47.0 Å². The number of nitrogens with zero attached hydrogens (tertiary/aromatic N) is 5. The van der Waals surface area contributed by atoms with Crippen molar-refractivity contribution < 1.29 is 4.42 Å². The molecule has 0 unspecified atom stereocenters. The molecule has 0 aliphatic carbocycles. The standard InChI is InChI=1S/C23H17N5O/c1-13-9-17-16-5-4-8-26-23(16)29-21(17)10-20(13)28-14(2)27(3)19-7-6-15(11-24)18(12-25)22(19)28/h4-10,14H,1-3H3/t14-/m0/s1. The van der Waals surface area contributed by atoms with Gasteiger partial charge < -0.3 is 14.2 Å². The molecule has 1 aliphatic heterocycles. The third-order valence-corrected chi connectivity index (χ3v) is 5.77. The molecule has 0 spiro atoms. The summed E-state index contributed by atoms with van der Waals surface area (Å²) in [5, 5.41) is 21.3. The normalized spacial score (nSPS) is 15.6. The van der Waals surface area contributed by atoms with Gasteiger partial charge in [-0.25, -0.2) is 4.98 Å². The summed E-state index contributed by atoms with van der Waals surface area (Å²) in [6.45, 7) is 4.13. The molecule has 1 aliphatic rings. The van der Waals surface area contributed by atoms with Crippen LogP contribution in [0, 0.1) is 29.6 Å². The first kappa shape index (κ1) is 17.1. The van der Waals surface area contributed by atoms with Crippen molar-refractivity contribution >= 4 is 39.1 Å². The Morgan fingerprint density at radius 1 is 1.07 bits per heavy atom. The number of benzene rings is 2. The molecule has 140 valence electrons. The van der Waals surface area contributed by atoms with Crippen LogP contribution in [0.3, 0.4) is 0 Å². The number of aryl methyl sites for hydroxylation is 1. The number of aromatic nitrogens is 1. The third-order valence-electron chi connectivity index (χ3n) is 5.77. The number of furan rings is 1. The Morgan fingerprint density at radius 3 is 2.66 bits per heavy atom. The van der Waals surface area contributed by atoms with Crippen molar-refractivity contribution in [1.82, 2.24) is 4.98 Å². The lowest BCUT2D eigenvalue weighted by atomic mass is 10.0. The summed E-state index contributed by atoms with van der Waals surface area (Å²) in [5.74, 6) is 0. The fourth-order valence-corrected chi connectivity index (χ4v) is 4.21. The first-order valence-corrected chi connectivity index (χ1v) is 9.32. The van der Waals surface area contributed by atoms with Crippen LogP contribution >= 0.6 is 0 Å². The zero-order valence-corrected chi connectivity index (χ0v) is 16.3. The number of rotatable bonds is 1. The van der Waals surface area contributed by atoms with Crippen LogP contribution in [0.4, 0.5) is 17.1 Å². The van der Waals surface area contributed by atoms with E-state index < -0.39 is 0 Å². The van der Waals surface area contributed by atoms with E-state index in [4.69, 9.17) is 4.42 Å². The van der Waals surface area contributed by atoms with E-state index in [9.17, 15) is 10.5 Å². The highest BCUT2D eigenvalue weighted by molar-refractivity contribution is 6.05. The second-order valence-electron chi connectivity index (χ2n) is 7.29. The first-order chi connectivity index (χ1) is 14.0. The van der Waals surface area contributed by atoms with Gasteiger partial charge in [0, 0.05) is 35.8 Å².